The van der Waals surface area contributed by atoms with Gasteiger partial charge in [0.25, 0.3) is 0 Å². The predicted molar refractivity (Wildman–Crippen MR) is 69.5 cm³/mol. The number of aliphatic carboxylic acids is 1. The molecule has 0 aliphatic carbocycles. The zero-order chi connectivity index (χ0) is 12.1. The van der Waals surface area contributed by atoms with Crippen molar-refractivity contribution in [1.29, 1.82) is 0 Å². The summed E-state index contributed by atoms with van der Waals surface area (Å²) >= 11 is 1.54. The molecule has 1 atom stereocenters. The third-order valence-electron chi connectivity index (χ3n) is 2.44. The molecule has 17 heavy (non-hydrogen) atoms. The molecule has 0 aliphatic rings. The second kappa shape index (κ2) is 5.50. The third-order valence-corrected chi connectivity index (χ3v) is 3.13. The fraction of sp³-hybridized carbons (Fsp3) is 0.154. The molecular weight excluding hydrogens is 234 g/mol. The molecule has 2 rings (SSSR count). The van der Waals surface area contributed by atoms with Crippen LogP contribution in [0.5, 0.6) is 0 Å². The van der Waals surface area contributed by atoms with Crippen molar-refractivity contribution in [3.63, 3.8) is 0 Å². The highest BCUT2D eigenvalue weighted by molar-refractivity contribution is 7.08. The molecule has 0 saturated heterocycles. The summed E-state index contributed by atoms with van der Waals surface area (Å²) in [6.45, 7) is 0. The third kappa shape index (κ3) is 3.32. The largest absolute Gasteiger partial charge is 0.480 e. The first-order valence-electron chi connectivity index (χ1n) is 5.31. The van der Waals surface area contributed by atoms with E-state index in [0.717, 1.165) is 11.3 Å². The van der Waals surface area contributed by atoms with Crippen molar-refractivity contribution in [2.45, 2.75) is 12.5 Å². The molecule has 0 radical (unpaired) electrons. The minimum Gasteiger partial charge on any atom is -0.480 e. The Bertz CT molecular complexity index is 467. The Morgan fingerprint density at radius 3 is 2.65 bits per heavy atom. The van der Waals surface area contributed by atoms with Crippen LogP contribution in [0.15, 0.2) is 47.2 Å². The van der Waals surface area contributed by atoms with Gasteiger partial charge in [0, 0.05) is 17.5 Å². The maximum absolute atomic E-state index is 11.2. The zero-order valence-corrected chi connectivity index (χ0v) is 9.98. The van der Waals surface area contributed by atoms with Crippen LogP contribution in [-0.4, -0.2) is 17.1 Å². The van der Waals surface area contributed by atoms with Gasteiger partial charge in [-0.15, -0.1) is 0 Å². The Kier molecular flexibility index (Phi) is 3.77. The van der Waals surface area contributed by atoms with Gasteiger partial charge >= 0.3 is 5.97 Å². The average molecular weight is 247 g/mol. The van der Waals surface area contributed by atoms with Gasteiger partial charge in [-0.25, -0.2) is 4.79 Å². The van der Waals surface area contributed by atoms with Crippen LogP contribution >= 0.6 is 11.3 Å². The lowest BCUT2D eigenvalue weighted by Gasteiger charge is -2.14. The molecule has 2 aromatic rings. The lowest BCUT2D eigenvalue weighted by atomic mass is 10.1. The van der Waals surface area contributed by atoms with E-state index in [1.54, 1.807) is 11.3 Å². The van der Waals surface area contributed by atoms with Gasteiger partial charge in [0.15, 0.2) is 0 Å². The Morgan fingerprint density at radius 1 is 1.29 bits per heavy atom. The van der Waals surface area contributed by atoms with E-state index >= 15 is 0 Å². The van der Waals surface area contributed by atoms with E-state index in [-0.39, 0.29) is 0 Å². The van der Waals surface area contributed by atoms with E-state index in [4.69, 9.17) is 0 Å². The molecule has 0 aliphatic heterocycles. The molecule has 4 heteroatoms. The van der Waals surface area contributed by atoms with Gasteiger partial charge in [0.2, 0.25) is 0 Å². The number of anilines is 1. The highest BCUT2D eigenvalue weighted by Crippen LogP contribution is 2.15. The Morgan fingerprint density at radius 2 is 2.06 bits per heavy atom. The van der Waals surface area contributed by atoms with Crippen LogP contribution in [0.4, 0.5) is 5.69 Å². The number of carbonyl (C=O) groups is 1. The summed E-state index contributed by atoms with van der Waals surface area (Å²) in [5.41, 5.74) is 1.88. The van der Waals surface area contributed by atoms with Crippen LogP contribution in [0, 0.1) is 0 Å². The summed E-state index contributed by atoms with van der Waals surface area (Å²) < 4.78 is 0. The van der Waals surface area contributed by atoms with E-state index in [9.17, 15) is 9.90 Å². The molecule has 3 nitrogen and oxygen atoms in total. The van der Waals surface area contributed by atoms with Crippen LogP contribution in [0.1, 0.15) is 5.56 Å². The van der Waals surface area contributed by atoms with Crippen LogP contribution in [0.25, 0.3) is 0 Å². The van der Waals surface area contributed by atoms with Gasteiger partial charge in [-0.2, -0.15) is 11.3 Å². The summed E-state index contributed by atoms with van der Waals surface area (Å²) in [4.78, 5) is 11.2. The molecule has 0 saturated carbocycles. The van der Waals surface area contributed by atoms with Crippen LogP contribution in [0.2, 0.25) is 0 Å². The highest BCUT2D eigenvalue weighted by atomic mass is 32.1. The Hall–Kier alpha value is -1.81. The fourth-order valence-corrected chi connectivity index (χ4v) is 2.19. The highest BCUT2D eigenvalue weighted by Gasteiger charge is 2.17. The van der Waals surface area contributed by atoms with E-state index in [2.05, 4.69) is 5.32 Å². The summed E-state index contributed by atoms with van der Waals surface area (Å²) in [7, 11) is 0. The molecule has 0 fully saturated rings. The quantitative estimate of drug-likeness (QED) is 0.854. The smallest absolute Gasteiger partial charge is 0.326 e. The van der Waals surface area contributed by atoms with E-state index in [1.807, 2.05) is 47.2 Å². The number of benzene rings is 1. The normalized spacial score (nSPS) is 12.0. The summed E-state index contributed by atoms with van der Waals surface area (Å²) in [5.74, 6) is -0.833. The number of thiophene rings is 1. The lowest BCUT2D eigenvalue weighted by Crippen LogP contribution is -2.31. The maximum atomic E-state index is 11.2. The zero-order valence-electron chi connectivity index (χ0n) is 9.17. The first-order chi connectivity index (χ1) is 8.25. The molecule has 0 amide bonds. The lowest BCUT2D eigenvalue weighted by molar-refractivity contribution is -0.137. The van der Waals surface area contributed by atoms with Gasteiger partial charge in [0.1, 0.15) is 6.04 Å². The Balaban J connectivity index is 2.06. The average Bonchev–Trinajstić information content (AvgIpc) is 2.82. The SMILES string of the molecule is O=C(O)[C@H](Cc1ccccc1)Nc1ccsc1. The van der Waals surface area contributed by atoms with Crippen molar-refractivity contribution < 1.29 is 9.90 Å². The monoisotopic (exact) mass is 247 g/mol. The second-order valence-corrected chi connectivity index (χ2v) is 4.52. The molecular formula is C13H13NO2S. The van der Waals surface area contributed by atoms with Gasteiger partial charge in [-0.05, 0) is 17.0 Å². The molecule has 2 N–H and O–H groups in total. The molecule has 0 unspecified atom stereocenters. The molecule has 88 valence electrons. The number of rotatable bonds is 5. The van der Waals surface area contributed by atoms with E-state index < -0.39 is 12.0 Å². The number of carboxylic acid groups (broad SMARTS) is 1. The van der Waals surface area contributed by atoms with Crippen LogP contribution in [0.3, 0.4) is 0 Å². The molecule has 1 aromatic heterocycles. The van der Waals surface area contributed by atoms with Crippen LogP contribution < -0.4 is 5.32 Å². The molecule has 0 spiro atoms. The number of carboxylic acids is 1. The first kappa shape index (κ1) is 11.7. The minimum absolute atomic E-state index is 0.478. The summed E-state index contributed by atoms with van der Waals surface area (Å²) in [6, 6.07) is 10.9. The fourth-order valence-electron chi connectivity index (χ4n) is 1.60. The van der Waals surface area contributed by atoms with Crippen molar-refractivity contribution in [3.05, 3.63) is 52.7 Å². The van der Waals surface area contributed by atoms with Gasteiger partial charge in [-0.3, -0.25) is 0 Å². The number of nitrogens with one attached hydrogen (secondary N) is 1. The molecule has 1 aromatic carbocycles. The second-order valence-electron chi connectivity index (χ2n) is 3.74. The summed E-state index contributed by atoms with van der Waals surface area (Å²) in [6.07, 6.45) is 0.478. The topological polar surface area (TPSA) is 49.3 Å². The van der Waals surface area contributed by atoms with Crippen molar-refractivity contribution in [1.82, 2.24) is 0 Å². The first-order valence-corrected chi connectivity index (χ1v) is 6.25. The van der Waals surface area contributed by atoms with Crippen molar-refractivity contribution >= 4 is 23.0 Å². The van der Waals surface area contributed by atoms with Crippen molar-refractivity contribution in [2.75, 3.05) is 5.32 Å². The van der Waals surface area contributed by atoms with Crippen LogP contribution in [-0.2, 0) is 11.2 Å². The van der Waals surface area contributed by atoms with Gasteiger partial charge in [-0.1, -0.05) is 30.3 Å². The van der Waals surface area contributed by atoms with Crippen molar-refractivity contribution in [3.8, 4) is 0 Å². The van der Waals surface area contributed by atoms with Gasteiger partial charge in [0.05, 0.1) is 0 Å². The molecule has 1 heterocycles. The minimum atomic E-state index is -0.833. The number of hydrogen-bond acceptors (Lipinski definition) is 3. The number of hydrogen-bond donors (Lipinski definition) is 2. The maximum Gasteiger partial charge on any atom is 0.326 e. The predicted octanol–water partition coefficient (Wildman–Crippen LogP) is 2.86. The van der Waals surface area contributed by atoms with Crippen molar-refractivity contribution in [2.24, 2.45) is 0 Å². The summed E-state index contributed by atoms with van der Waals surface area (Å²) in [5, 5.41) is 16.0. The van der Waals surface area contributed by atoms with E-state index in [1.165, 1.54) is 0 Å². The standard InChI is InChI=1S/C13H13NO2S/c15-13(16)12(14-11-6-7-17-9-11)8-10-4-2-1-3-5-10/h1-7,9,12,14H,8H2,(H,15,16)/t12-/m0/s1. The molecule has 0 bridgehead atoms. The Labute approximate surface area is 104 Å². The van der Waals surface area contributed by atoms with E-state index in [0.29, 0.717) is 6.42 Å². The van der Waals surface area contributed by atoms with Gasteiger partial charge < -0.3 is 10.4 Å².